The Labute approximate surface area is 76.0 Å². The first kappa shape index (κ1) is 9.71. The van der Waals surface area contributed by atoms with E-state index in [2.05, 4.69) is 0 Å². The van der Waals surface area contributed by atoms with Gasteiger partial charge in [-0.05, 0) is 36.6 Å². The molecule has 0 spiro atoms. The van der Waals surface area contributed by atoms with Gasteiger partial charge in [0.2, 0.25) is 0 Å². The third kappa shape index (κ3) is 2.86. The van der Waals surface area contributed by atoms with E-state index in [1.807, 2.05) is 0 Å². The smallest absolute Gasteiger partial charge is 0.123 e. The van der Waals surface area contributed by atoms with Crippen molar-refractivity contribution in [3.05, 3.63) is 29.6 Å². The molecular weight excluding hydrogens is 171 g/mol. The van der Waals surface area contributed by atoms with E-state index in [0.29, 0.717) is 24.8 Å². The first-order valence-corrected chi connectivity index (χ1v) is 4.15. The van der Waals surface area contributed by atoms with Crippen molar-refractivity contribution in [2.24, 2.45) is 0 Å². The number of benzene rings is 1. The van der Waals surface area contributed by atoms with Crippen LogP contribution in [0.4, 0.5) is 4.39 Å². The molecule has 70 valence electrons. The lowest BCUT2D eigenvalue weighted by atomic mass is 10.1. The monoisotopic (exact) mass is 182 g/mol. The lowest BCUT2D eigenvalue weighted by molar-refractivity contribution is -0.107. The normalized spacial score (nSPS) is 9.92. The van der Waals surface area contributed by atoms with Gasteiger partial charge >= 0.3 is 0 Å². The lowest BCUT2D eigenvalue weighted by Gasteiger charge is -2.02. The molecule has 0 fully saturated rings. The van der Waals surface area contributed by atoms with Crippen molar-refractivity contribution in [2.75, 3.05) is 0 Å². The molecule has 0 radical (unpaired) electrons. The molecule has 0 heterocycles. The van der Waals surface area contributed by atoms with Crippen molar-refractivity contribution in [2.45, 2.75) is 19.3 Å². The standard InChI is InChI=1S/C10H11FO2/c11-9-4-5-10(13)8(7-9)3-1-2-6-12/h4-7,13H,1-3H2. The Balaban J connectivity index is 2.64. The number of carbonyl (C=O) groups is 1. The maximum atomic E-state index is 12.7. The molecule has 3 heteroatoms. The van der Waals surface area contributed by atoms with Gasteiger partial charge in [0.15, 0.2) is 0 Å². The highest BCUT2D eigenvalue weighted by Gasteiger charge is 2.01. The SMILES string of the molecule is O=CCCCc1cc(F)ccc1O. The minimum Gasteiger partial charge on any atom is -0.508 e. The van der Waals surface area contributed by atoms with Crippen molar-refractivity contribution >= 4 is 6.29 Å². The summed E-state index contributed by atoms with van der Waals surface area (Å²) in [5.74, 6) is -0.272. The van der Waals surface area contributed by atoms with Crippen molar-refractivity contribution in [3.63, 3.8) is 0 Å². The number of phenols is 1. The quantitative estimate of drug-likeness (QED) is 0.571. The van der Waals surface area contributed by atoms with Gasteiger partial charge in [-0.3, -0.25) is 0 Å². The topological polar surface area (TPSA) is 37.3 Å². The molecule has 0 unspecified atom stereocenters. The van der Waals surface area contributed by atoms with E-state index in [1.165, 1.54) is 18.2 Å². The average Bonchev–Trinajstić information content (AvgIpc) is 2.11. The molecule has 2 nitrogen and oxygen atoms in total. The van der Waals surface area contributed by atoms with Gasteiger partial charge in [-0.15, -0.1) is 0 Å². The van der Waals surface area contributed by atoms with Crippen LogP contribution in [0.15, 0.2) is 18.2 Å². The van der Waals surface area contributed by atoms with Crippen LogP contribution in [0.2, 0.25) is 0 Å². The Hall–Kier alpha value is -1.38. The molecule has 0 bridgehead atoms. The number of hydrogen-bond donors (Lipinski definition) is 1. The van der Waals surface area contributed by atoms with E-state index in [4.69, 9.17) is 0 Å². The zero-order valence-electron chi connectivity index (χ0n) is 7.16. The van der Waals surface area contributed by atoms with E-state index < -0.39 is 0 Å². The zero-order valence-corrected chi connectivity index (χ0v) is 7.16. The fraction of sp³-hybridized carbons (Fsp3) is 0.300. The van der Waals surface area contributed by atoms with Gasteiger partial charge in [0.05, 0.1) is 0 Å². The molecule has 0 saturated heterocycles. The van der Waals surface area contributed by atoms with Gasteiger partial charge in [0, 0.05) is 6.42 Å². The van der Waals surface area contributed by atoms with E-state index in [0.717, 1.165) is 6.29 Å². The maximum Gasteiger partial charge on any atom is 0.123 e. The summed E-state index contributed by atoms with van der Waals surface area (Å²) in [6.45, 7) is 0. The Morgan fingerprint density at radius 1 is 1.46 bits per heavy atom. The second kappa shape index (κ2) is 4.60. The number of unbranched alkanes of at least 4 members (excludes halogenated alkanes) is 1. The van der Waals surface area contributed by atoms with Crippen LogP contribution in [-0.2, 0) is 11.2 Å². The zero-order chi connectivity index (χ0) is 9.68. The Morgan fingerprint density at radius 3 is 2.92 bits per heavy atom. The Morgan fingerprint density at radius 2 is 2.23 bits per heavy atom. The molecule has 0 aliphatic heterocycles. The molecule has 1 rings (SSSR count). The summed E-state index contributed by atoms with van der Waals surface area (Å²) in [7, 11) is 0. The van der Waals surface area contributed by atoms with Crippen LogP contribution in [0.25, 0.3) is 0 Å². The summed E-state index contributed by atoms with van der Waals surface area (Å²) in [5.41, 5.74) is 0.557. The second-order valence-electron chi connectivity index (χ2n) is 2.83. The van der Waals surface area contributed by atoms with Gasteiger partial charge in [-0.2, -0.15) is 0 Å². The van der Waals surface area contributed by atoms with Crippen LogP contribution in [0.3, 0.4) is 0 Å². The van der Waals surface area contributed by atoms with Crippen molar-refractivity contribution in [1.82, 2.24) is 0 Å². The minimum atomic E-state index is -0.362. The molecule has 0 atom stereocenters. The Bertz CT molecular complexity index is 297. The highest BCUT2D eigenvalue weighted by molar-refractivity contribution is 5.49. The van der Waals surface area contributed by atoms with Gasteiger partial charge in [0.1, 0.15) is 17.9 Å². The predicted octanol–water partition coefficient (Wildman–Crippen LogP) is 2.05. The molecule has 1 aromatic carbocycles. The highest BCUT2D eigenvalue weighted by atomic mass is 19.1. The molecule has 0 amide bonds. The van der Waals surface area contributed by atoms with E-state index in [9.17, 15) is 14.3 Å². The van der Waals surface area contributed by atoms with Crippen molar-refractivity contribution < 1.29 is 14.3 Å². The lowest BCUT2D eigenvalue weighted by Crippen LogP contribution is -1.88. The van der Waals surface area contributed by atoms with Gasteiger partial charge < -0.3 is 9.90 Å². The van der Waals surface area contributed by atoms with Gasteiger partial charge in [-0.1, -0.05) is 0 Å². The number of aromatic hydroxyl groups is 1. The van der Waals surface area contributed by atoms with Crippen molar-refractivity contribution in [3.8, 4) is 5.75 Å². The third-order valence-electron chi connectivity index (χ3n) is 1.81. The number of hydrogen-bond acceptors (Lipinski definition) is 2. The highest BCUT2D eigenvalue weighted by Crippen LogP contribution is 2.19. The van der Waals surface area contributed by atoms with Crippen LogP contribution < -0.4 is 0 Å². The number of aryl methyl sites for hydroxylation is 1. The summed E-state index contributed by atoms with van der Waals surface area (Å²) in [6.07, 6.45) is 2.43. The number of carbonyl (C=O) groups excluding carboxylic acids is 1. The Kier molecular flexibility index (Phi) is 3.43. The summed E-state index contributed by atoms with van der Waals surface area (Å²) in [5, 5.41) is 9.28. The molecule has 1 aromatic rings. The van der Waals surface area contributed by atoms with Crippen LogP contribution >= 0.6 is 0 Å². The fourth-order valence-corrected chi connectivity index (χ4v) is 1.13. The molecule has 13 heavy (non-hydrogen) atoms. The molecule has 0 saturated carbocycles. The average molecular weight is 182 g/mol. The second-order valence-corrected chi connectivity index (χ2v) is 2.83. The molecule has 1 N–H and O–H groups in total. The molecule has 0 aliphatic rings. The van der Waals surface area contributed by atoms with Gasteiger partial charge in [0.25, 0.3) is 0 Å². The summed E-state index contributed by atoms with van der Waals surface area (Å²) in [6, 6.07) is 3.82. The fourth-order valence-electron chi connectivity index (χ4n) is 1.13. The van der Waals surface area contributed by atoms with Crippen LogP contribution in [-0.4, -0.2) is 11.4 Å². The summed E-state index contributed by atoms with van der Waals surface area (Å²) in [4.78, 5) is 10.0. The number of rotatable bonds is 4. The molecule has 0 aliphatic carbocycles. The number of phenolic OH excluding ortho intramolecular Hbond substituents is 1. The van der Waals surface area contributed by atoms with E-state index in [1.54, 1.807) is 0 Å². The van der Waals surface area contributed by atoms with Crippen molar-refractivity contribution in [1.29, 1.82) is 0 Å². The molecular formula is C10H11FO2. The molecule has 0 aromatic heterocycles. The number of halogens is 1. The first-order chi connectivity index (χ1) is 6.24. The summed E-state index contributed by atoms with van der Waals surface area (Å²) >= 11 is 0. The van der Waals surface area contributed by atoms with Crippen LogP contribution in [0, 0.1) is 5.82 Å². The van der Waals surface area contributed by atoms with Gasteiger partial charge in [-0.25, -0.2) is 4.39 Å². The minimum absolute atomic E-state index is 0.0901. The maximum absolute atomic E-state index is 12.7. The predicted molar refractivity (Wildman–Crippen MR) is 47.1 cm³/mol. The summed E-state index contributed by atoms with van der Waals surface area (Å²) < 4.78 is 12.7. The van der Waals surface area contributed by atoms with E-state index in [-0.39, 0.29) is 11.6 Å². The number of aldehydes is 1. The van der Waals surface area contributed by atoms with Crippen LogP contribution in [0.1, 0.15) is 18.4 Å². The first-order valence-electron chi connectivity index (χ1n) is 4.15. The van der Waals surface area contributed by atoms with E-state index >= 15 is 0 Å². The largest absolute Gasteiger partial charge is 0.508 e. The van der Waals surface area contributed by atoms with Crippen LogP contribution in [0.5, 0.6) is 5.75 Å². The third-order valence-corrected chi connectivity index (χ3v) is 1.81.